The minimum absolute atomic E-state index is 0.176. The highest BCUT2D eigenvalue weighted by Crippen LogP contribution is 2.20. The maximum absolute atomic E-state index is 10.5. The Labute approximate surface area is 104 Å². The van der Waals surface area contributed by atoms with Crippen molar-refractivity contribution in [2.24, 2.45) is 0 Å². The van der Waals surface area contributed by atoms with Gasteiger partial charge in [-0.2, -0.15) is 0 Å². The summed E-state index contributed by atoms with van der Waals surface area (Å²) in [5.74, 6) is 0.770. The Hall–Kier alpha value is -0.710. The summed E-state index contributed by atoms with van der Waals surface area (Å²) < 4.78 is 0. The van der Waals surface area contributed by atoms with E-state index in [4.69, 9.17) is 16.4 Å². The zero-order chi connectivity index (χ0) is 11.8. The van der Waals surface area contributed by atoms with Crippen LogP contribution in [0.1, 0.15) is 13.3 Å². The van der Waals surface area contributed by atoms with Gasteiger partial charge in [0.15, 0.2) is 0 Å². The quantitative estimate of drug-likeness (QED) is 0.485. The van der Waals surface area contributed by atoms with Gasteiger partial charge in [-0.3, -0.25) is 9.63 Å². The van der Waals surface area contributed by atoms with Crippen molar-refractivity contribution in [3.05, 3.63) is 29.3 Å². The van der Waals surface area contributed by atoms with Crippen molar-refractivity contribution in [2.45, 2.75) is 18.2 Å². The molecule has 0 radical (unpaired) electrons. The molecule has 0 aliphatic rings. The van der Waals surface area contributed by atoms with Crippen molar-refractivity contribution >= 4 is 29.3 Å². The summed E-state index contributed by atoms with van der Waals surface area (Å²) in [5, 5.41) is 0.748. The van der Waals surface area contributed by atoms with Crippen molar-refractivity contribution in [3.8, 4) is 0 Å². The van der Waals surface area contributed by atoms with E-state index in [1.807, 2.05) is 24.3 Å². The van der Waals surface area contributed by atoms with Crippen molar-refractivity contribution in [1.29, 1.82) is 0 Å². The number of thioether (sulfide) groups is 1. The zero-order valence-corrected chi connectivity index (χ0v) is 10.6. The Kier molecular flexibility index (Phi) is 6.30. The van der Waals surface area contributed by atoms with E-state index in [2.05, 4.69) is 5.48 Å². The normalized spacial score (nSPS) is 10.1. The minimum atomic E-state index is -0.176. The largest absolute Gasteiger partial charge is 0.274 e. The Balaban J connectivity index is 2.07. The number of hydrogen-bond donors (Lipinski definition) is 1. The van der Waals surface area contributed by atoms with E-state index < -0.39 is 0 Å². The molecule has 0 bridgehead atoms. The number of carbonyl (C=O) groups is 1. The summed E-state index contributed by atoms with van der Waals surface area (Å²) in [6, 6.07) is 7.72. The fourth-order valence-electron chi connectivity index (χ4n) is 1.00. The molecule has 1 rings (SSSR count). The van der Waals surface area contributed by atoms with E-state index in [1.165, 1.54) is 11.8 Å². The lowest BCUT2D eigenvalue weighted by Crippen LogP contribution is -2.20. The molecule has 1 aromatic rings. The van der Waals surface area contributed by atoms with Crippen LogP contribution in [0.15, 0.2) is 29.2 Å². The van der Waals surface area contributed by atoms with Gasteiger partial charge in [-0.05, 0) is 30.7 Å². The number of benzene rings is 1. The maximum atomic E-state index is 10.5. The van der Waals surface area contributed by atoms with Gasteiger partial charge in [0.2, 0.25) is 5.91 Å². The van der Waals surface area contributed by atoms with E-state index >= 15 is 0 Å². The van der Waals surface area contributed by atoms with Crippen LogP contribution in [0.3, 0.4) is 0 Å². The van der Waals surface area contributed by atoms with E-state index in [0.29, 0.717) is 6.61 Å². The molecule has 88 valence electrons. The number of nitrogens with one attached hydrogen (secondary N) is 1. The van der Waals surface area contributed by atoms with Gasteiger partial charge >= 0.3 is 0 Å². The van der Waals surface area contributed by atoms with E-state index in [9.17, 15) is 4.79 Å². The van der Waals surface area contributed by atoms with Crippen LogP contribution in [0.2, 0.25) is 5.02 Å². The average molecular weight is 260 g/mol. The topological polar surface area (TPSA) is 38.3 Å². The van der Waals surface area contributed by atoms with Crippen LogP contribution in [0.5, 0.6) is 0 Å². The fourth-order valence-corrected chi connectivity index (χ4v) is 1.96. The zero-order valence-electron chi connectivity index (χ0n) is 9.03. The summed E-state index contributed by atoms with van der Waals surface area (Å²) in [6.07, 6.45) is 0.883. The van der Waals surface area contributed by atoms with Gasteiger partial charge in [-0.25, -0.2) is 5.48 Å². The molecule has 0 unspecified atom stereocenters. The molecule has 5 heteroatoms. The third-order valence-electron chi connectivity index (χ3n) is 1.69. The molecule has 0 saturated heterocycles. The Morgan fingerprint density at radius 3 is 2.75 bits per heavy atom. The van der Waals surface area contributed by atoms with Crippen molar-refractivity contribution in [1.82, 2.24) is 5.48 Å². The van der Waals surface area contributed by atoms with Crippen molar-refractivity contribution in [3.63, 3.8) is 0 Å². The predicted octanol–water partition coefficient (Wildman–Crippen LogP) is 2.89. The molecule has 16 heavy (non-hydrogen) atoms. The molecule has 0 saturated carbocycles. The standard InChI is InChI=1S/C11H14ClNO2S/c1-9(14)13-15-7-2-8-16-11-5-3-10(12)4-6-11/h3-6H,2,7-8H2,1H3,(H,13,14). The van der Waals surface area contributed by atoms with Gasteiger partial charge in [0.1, 0.15) is 0 Å². The van der Waals surface area contributed by atoms with Crippen LogP contribution >= 0.6 is 23.4 Å². The first-order valence-corrected chi connectivity index (χ1v) is 6.31. The molecule has 0 spiro atoms. The second-order valence-electron chi connectivity index (χ2n) is 3.16. The lowest BCUT2D eigenvalue weighted by atomic mass is 10.4. The van der Waals surface area contributed by atoms with Crippen LogP contribution in [-0.4, -0.2) is 18.3 Å². The number of hydroxylamine groups is 1. The fraction of sp³-hybridized carbons (Fsp3) is 0.364. The molecular weight excluding hydrogens is 246 g/mol. The predicted molar refractivity (Wildman–Crippen MR) is 66.6 cm³/mol. The van der Waals surface area contributed by atoms with Crippen LogP contribution in [0.4, 0.5) is 0 Å². The third-order valence-corrected chi connectivity index (χ3v) is 3.04. The summed E-state index contributed by atoms with van der Waals surface area (Å²) in [6.45, 7) is 1.95. The van der Waals surface area contributed by atoms with Crippen LogP contribution in [0, 0.1) is 0 Å². The highest BCUT2D eigenvalue weighted by molar-refractivity contribution is 7.99. The van der Waals surface area contributed by atoms with Gasteiger partial charge in [0, 0.05) is 22.6 Å². The summed E-state index contributed by atoms with van der Waals surface area (Å²) >= 11 is 7.51. The Bertz CT molecular complexity index is 329. The molecule has 0 heterocycles. The molecule has 0 aliphatic carbocycles. The second-order valence-corrected chi connectivity index (χ2v) is 4.77. The number of hydrogen-bond acceptors (Lipinski definition) is 3. The molecule has 1 N–H and O–H groups in total. The molecule has 1 amide bonds. The molecule has 0 aliphatic heterocycles. The molecule has 0 aromatic heterocycles. The van der Waals surface area contributed by atoms with Crippen LogP contribution in [-0.2, 0) is 9.63 Å². The highest BCUT2D eigenvalue weighted by Gasteiger charge is 1.95. The average Bonchev–Trinajstić information content (AvgIpc) is 2.25. The monoisotopic (exact) mass is 259 g/mol. The van der Waals surface area contributed by atoms with Gasteiger partial charge < -0.3 is 0 Å². The van der Waals surface area contributed by atoms with Crippen molar-refractivity contribution < 1.29 is 9.63 Å². The number of carbonyl (C=O) groups excluding carboxylic acids is 1. The second kappa shape index (κ2) is 7.54. The van der Waals surface area contributed by atoms with Gasteiger partial charge in [0.25, 0.3) is 0 Å². The molecule has 0 fully saturated rings. The van der Waals surface area contributed by atoms with Crippen LogP contribution < -0.4 is 5.48 Å². The van der Waals surface area contributed by atoms with E-state index in [0.717, 1.165) is 17.2 Å². The molecule has 3 nitrogen and oxygen atoms in total. The smallest absolute Gasteiger partial charge is 0.240 e. The van der Waals surface area contributed by atoms with Crippen molar-refractivity contribution in [2.75, 3.05) is 12.4 Å². The number of amides is 1. The first-order chi connectivity index (χ1) is 7.68. The maximum Gasteiger partial charge on any atom is 0.240 e. The van der Waals surface area contributed by atoms with E-state index in [-0.39, 0.29) is 5.91 Å². The third kappa shape index (κ3) is 6.00. The number of halogens is 1. The summed E-state index contributed by atoms with van der Waals surface area (Å²) in [4.78, 5) is 16.6. The molecular formula is C11H14ClNO2S. The SMILES string of the molecule is CC(=O)NOCCCSc1ccc(Cl)cc1. The Morgan fingerprint density at radius 2 is 2.12 bits per heavy atom. The first-order valence-electron chi connectivity index (χ1n) is 4.95. The van der Waals surface area contributed by atoms with E-state index in [1.54, 1.807) is 11.8 Å². The number of rotatable bonds is 6. The molecule has 1 aromatic carbocycles. The lowest BCUT2D eigenvalue weighted by molar-refractivity contribution is -0.131. The Morgan fingerprint density at radius 1 is 1.44 bits per heavy atom. The molecule has 0 atom stereocenters. The minimum Gasteiger partial charge on any atom is -0.274 e. The van der Waals surface area contributed by atoms with Crippen LogP contribution in [0.25, 0.3) is 0 Å². The van der Waals surface area contributed by atoms with Gasteiger partial charge in [-0.15, -0.1) is 11.8 Å². The summed E-state index contributed by atoms with van der Waals surface area (Å²) in [7, 11) is 0. The summed E-state index contributed by atoms with van der Waals surface area (Å²) in [5.41, 5.74) is 2.29. The lowest BCUT2D eigenvalue weighted by Gasteiger charge is -2.03. The highest BCUT2D eigenvalue weighted by atomic mass is 35.5. The van der Waals surface area contributed by atoms with Gasteiger partial charge in [-0.1, -0.05) is 11.6 Å². The first kappa shape index (κ1) is 13.4. The van der Waals surface area contributed by atoms with Gasteiger partial charge in [0.05, 0.1) is 6.61 Å².